The number of β-amino-alcohol motifs (C(OH)–C–C–N with tert-alkyl or cyclic N) is 1. The van der Waals surface area contributed by atoms with E-state index in [1.807, 2.05) is 0 Å². The van der Waals surface area contributed by atoms with Crippen LogP contribution in [0.25, 0.3) is 0 Å². The number of nitrogens with zero attached hydrogens (tertiary/aromatic N) is 2. The van der Waals surface area contributed by atoms with E-state index in [0.717, 1.165) is 32.1 Å². The van der Waals surface area contributed by atoms with Gasteiger partial charge in [0.1, 0.15) is 4.90 Å². The van der Waals surface area contributed by atoms with Gasteiger partial charge in [-0.2, -0.15) is 4.31 Å². The summed E-state index contributed by atoms with van der Waals surface area (Å²) >= 11 is 0. The number of nitrogens with one attached hydrogen (secondary N) is 1. The fourth-order valence-electron chi connectivity index (χ4n) is 5.10. The molecule has 7 nitrogen and oxygen atoms in total. The fraction of sp³-hybridized carbons (Fsp3) is 0.737. The maximum atomic E-state index is 13.1. The SMILES string of the molecule is COc1ccc(S(=O)(=O)N2CCC3(CCC(C4NCC4O)C3)CC2)c(C)n1. The van der Waals surface area contributed by atoms with Gasteiger partial charge >= 0.3 is 0 Å². The Hall–Kier alpha value is -1.22. The summed E-state index contributed by atoms with van der Waals surface area (Å²) in [5, 5.41) is 13.3. The van der Waals surface area contributed by atoms with Crippen molar-refractivity contribution in [3.05, 3.63) is 17.8 Å². The molecule has 1 aliphatic carbocycles. The molecule has 3 atom stereocenters. The summed E-state index contributed by atoms with van der Waals surface area (Å²) in [6.07, 6.45) is 4.94. The molecule has 1 spiro atoms. The zero-order chi connectivity index (χ0) is 19.2. The van der Waals surface area contributed by atoms with Crippen LogP contribution in [-0.4, -0.2) is 61.7 Å². The second kappa shape index (κ2) is 6.99. The van der Waals surface area contributed by atoms with Gasteiger partial charge in [0.15, 0.2) is 0 Å². The summed E-state index contributed by atoms with van der Waals surface area (Å²) < 4.78 is 32.9. The lowest BCUT2D eigenvalue weighted by molar-refractivity contribution is 0.0267. The van der Waals surface area contributed by atoms with Crippen LogP contribution in [0.3, 0.4) is 0 Å². The number of ether oxygens (including phenoxy) is 1. The molecule has 3 aliphatic rings. The monoisotopic (exact) mass is 395 g/mol. The molecule has 3 unspecified atom stereocenters. The molecule has 8 heteroatoms. The molecule has 2 N–H and O–H groups in total. The predicted octanol–water partition coefficient (Wildman–Crippen LogP) is 1.30. The average molecular weight is 396 g/mol. The van der Waals surface area contributed by atoms with Crippen molar-refractivity contribution in [1.82, 2.24) is 14.6 Å². The number of piperidine rings is 1. The third-order valence-corrected chi connectivity index (χ3v) is 8.88. The van der Waals surface area contributed by atoms with Gasteiger partial charge in [0, 0.05) is 31.7 Å². The van der Waals surface area contributed by atoms with Gasteiger partial charge in [-0.15, -0.1) is 0 Å². The Bertz CT molecular complexity index is 805. The minimum atomic E-state index is -3.53. The summed E-state index contributed by atoms with van der Waals surface area (Å²) in [5.41, 5.74) is 0.710. The first-order valence-electron chi connectivity index (χ1n) is 9.78. The van der Waals surface area contributed by atoms with Gasteiger partial charge in [-0.05, 0) is 56.4 Å². The molecule has 1 aromatic rings. The van der Waals surface area contributed by atoms with E-state index in [0.29, 0.717) is 37.1 Å². The number of aromatic nitrogens is 1. The molecule has 2 saturated heterocycles. The number of hydrogen-bond donors (Lipinski definition) is 2. The Morgan fingerprint density at radius 3 is 2.59 bits per heavy atom. The lowest BCUT2D eigenvalue weighted by Gasteiger charge is -2.42. The van der Waals surface area contributed by atoms with Crippen LogP contribution in [0.15, 0.2) is 17.0 Å². The Kier molecular flexibility index (Phi) is 4.95. The first-order valence-corrected chi connectivity index (χ1v) is 11.2. The minimum absolute atomic E-state index is 0.212. The molecule has 0 bridgehead atoms. The Morgan fingerprint density at radius 1 is 1.30 bits per heavy atom. The van der Waals surface area contributed by atoms with Gasteiger partial charge < -0.3 is 15.2 Å². The van der Waals surface area contributed by atoms with Crippen molar-refractivity contribution in [1.29, 1.82) is 0 Å². The van der Waals surface area contributed by atoms with Crippen LogP contribution in [0.1, 0.15) is 37.8 Å². The lowest BCUT2D eigenvalue weighted by atomic mass is 9.75. The molecule has 2 aliphatic heterocycles. The number of sulfonamides is 1. The minimum Gasteiger partial charge on any atom is -0.481 e. The van der Waals surface area contributed by atoms with Gasteiger partial charge in [-0.25, -0.2) is 13.4 Å². The Balaban J connectivity index is 1.43. The van der Waals surface area contributed by atoms with E-state index in [1.54, 1.807) is 23.4 Å². The van der Waals surface area contributed by atoms with Crippen LogP contribution in [-0.2, 0) is 10.0 Å². The van der Waals surface area contributed by atoms with Crippen molar-refractivity contribution in [3.8, 4) is 5.88 Å². The molecule has 0 amide bonds. The second-order valence-electron chi connectivity index (χ2n) is 8.35. The maximum Gasteiger partial charge on any atom is 0.244 e. The summed E-state index contributed by atoms with van der Waals surface area (Å²) in [6, 6.07) is 3.43. The zero-order valence-corrected chi connectivity index (χ0v) is 16.8. The van der Waals surface area contributed by atoms with Gasteiger partial charge in [-0.3, -0.25) is 0 Å². The summed E-state index contributed by atoms with van der Waals surface area (Å²) in [7, 11) is -2.01. The van der Waals surface area contributed by atoms with Crippen molar-refractivity contribution in [2.45, 2.75) is 56.1 Å². The standard InChI is InChI=1S/C19H29N3O4S/c1-13-16(3-4-17(21-13)26-2)27(24,25)22-9-7-19(8-10-22)6-5-14(11-19)18-15(23)12-20-18/h3-4,14-15,18,20,23H,5-12H2,1-2H3. The van der Waals surface area contributed by atoms with Gasteiger partial charge in [0.05, 0.1) is 18.9 Å². The van der Waals surface area contributed by atoms with E-state index in [1.165, 1.54) is 7.11 Å². The normalized spacial score (nSPS) is 31.0. The molecular weight excluding hydrogens is 366 g/mol. The van der Waals surface area contributed by atoms with Crippen LogP contribution in [0.5, 0.6) is 5.88 Å². The van der Waals surface area contributed by atoms with Crippen LogP contribution in [0, 0.1) is 18.3 Å². The molecule has 1 saturated carbocycles. The number of methoxy groups -OCH3 is 1. The molecule has 4 rings (SSSR count). The molecule has 150 valence electrons. The van der Waals surface area contributed by atoms with E-state index >= 15 is 0 Å². The van der Waals surface area contributed by atoms with Crippen molar-refractivity contribution in [2.75, 3.05) is 26.7 Å². The number of aliphatic hydroxyl groups excluding tert-OH is 1. The van der Waals surface area contributed by atoms with Crippen LogP contribution in [0.2, 0.25) is 0 Å². The van der Waals surface area contributed by atoms with Crippen molar-refractivity contribution < 1.29 is 18.3 Å². The van der Waals surface area contributed by atoms with Crippen molar-refractivity contribution in [2.24, 2.45) is 11.3 Å². The quantitative estimate of drug-likeness (QED) is 0.799. The predicted molar refractivity (Wildman–Crippen MR) is 101 cm³/mol. The third kappa shape index (κ3) is 3.37. The van der Waals surface area contributed by atoms with E-state index in [-0.39, 0.29) is 22.5 Å². The van der Waals surface area contributed by atoms with E-state index in [2.05, 4.69) is 10.3 Å². The lowest BCUT2D eigenvalue weighted by Crippen LogP contribution is -2.60. The maximum absolute atomic E-state index is 13.1. The number of pyridine rings is 1. The van der Waals surface area contributed by atoms with Crippen LogP contribution >= 0.6 is 0 Å². The molecule has 27 heavy (non-hydrogen) atoms. The van der Waals surface area contributed by atoms with E-state index in [4.69, 9.17) is 4.74 Å². The molecular formula is C19H29N3O4S. The molecule has 0 radical (unpaired) electrons. The van der Waals surface area contributed by atoms with E-state index in [9.17, 15) is 13.5 Å². The van der Waals surface area contributed by atoms with E-state index < -0.39 is 10.0 Å². The summed E-state index contributed by atoms with van der Waals surface area (Å²) in [5.74, 6) is 0.942. The second-order valence-corrected chi connectivity index (χ2v) is 10.3. The zero-order valence-electron chi connectivity index (χ0n) is 16.0. The van der Waals surface area contributed by atoms with Gasteiger partial charge in [0.25, 0.3) is 0 Å². The summed E-state index contributed by atoms with van der Waals surface area (Å²) in [4.78, 5) is 4.49. The highest BCUT2D eigenvalue weighted by Crippen LogP contribution is 2.51. The highest BCUT2D eigenvalue weighted by atomic mass is 32.2. The van der Waals surface area contributed by atoms with Gasteiger partial charge in [-0.1, -0.05) is 0 Å². The number of aryl methyl sites for hydroxylation is 1. The topological polar surface area (TPSA) is 91.8 Å². The summed E-state index contributed by atoms with van der Waals surface area (Å²) in [6.45, 7) is 3.52. The average Bonchev–Trinajstić information content (AvgIpc) is 3.03. The van der Waals surface area contributed by atoms with Crippen LogP contribution < -0.4 is 10.1 Å². The van der Waals surface area contributed by atoms with Gasteiger partial charge in [0.2, 0.25) is 15.9 Å². The largest absolute Gasteiger partial charge is 0.481 e. The number of rotatable bonds is 4. The third-order valence-electron chi connectivity index (χ3n) is 6.85. The van der Waals surface area contributed by atoms with Crippen molar-refractivity contribution >= 4 is 10.0 Å². The molecule has 1 aromatic heterocycles. The highest BCUT2D eigenvalue weighted by molar-refractivity contribution is 7.89. The fourth-order valence-corrected chi connectivity index (χ4v) is 6.70. The Morgan fingerprint density at radius 2 is 2.04 bits per heavy atom. The molecule has 3 fully saturated rings. The molecule has 0 aromatic carbocycles. The number of hydrogen-bond acceptors (Lipinski definition) is 6. The molecule has 3 heterocycles. The Labute approximate surface area is 161 Å². The van der Waals surface area contributed by atoms with Crippen molar-refractivity contribution in [3.63, 3.8) is 0 Å². The smallest absolute Gasteiger partial charge is 0.244 e. The highest BCUT2D eigenvalue weighted by Gasteiger charge is 2.48. The van der Waals surface area contributed by atoms with Crippen LogP contribution in [0.4, 0.5) is 0 Å². The first-order chi connectivity index (χ1) is 12.8. The number of aliphatic hydroxyl groups is 1. The first kappa shape index (κ1) is 19.1.